The summed E-state index contributed by atoms with van der Waals surface area (Å²) in [6.07, 6.45) is 0. The predicted octanol–water partition coefficient (Wildman–Crippen LogP) is 0.367. The zero-order valence-corrected chi connectivity index (χ0v) is 15.1. The van der Waals surface area contributed by atoms with Crippen LogP contribution in [0.15, 0.2) is 24.3 Å². The van der Waals surface area contributed by atoms with Gasteiger partial charge in [-0.1, -0.05) is 12.1 Å². The van der Waals surface area contributed by atoms with E-state index in [4.69, 9.17) is 0 Å². The summed E-state index contributed by atoms with van der Waals surface area (Å²) in [5.41, 5.74) is 0.0166. The molecule has 1 aromatic carbocycles. The fourth-order valence-corrected chi connectivity index (χ4v) is 3.27. The largest absolute Gasteiger partial charge is 0.508 e. The van der Waals surface area contributed by atoms with Gasteiger partial charge in [0.15, 0.2) is 0 Å². The number of nitrogens with zero attached hydrogens (tertiary/aromatic N) is 3. The SMILES string of the molecule is CC1(C)C(=O)NC(=O)N1CC(=O)N1CCN(Cc2cccc(O)c2)CC1. The number of phenols is 1. The van der Waals surface area contributed by atoms with E-state index in [1.54, 1.807) is 30.9 Å². The van der Waals surface area contributed by atoms with E-state index in [2.05, 4.69) is 10.2 Å². The minimum atomic E-state index is -1.01. The Bertz CT molecular complexity index is 726. The van der Waals surface area contributed by atoms with Crippen LogP contribution in [0, 0.1) is 0 Å². The van der Waals surface area contributed by atoms with Crippen molar-refractivity contribution in [1.29, 1.82) is 0 Å². The van der Waals surface area contributed by atoms with Gasteiger partial charge in [-0.05, 0) is 31.5 Å². The molecule has 8 nitrogen and oxygen atoms in total. The monoisotopic (exact) mass is 360 g/mol. The number of aromatic hydroxyl groups is 1. The topological polar surface area (TPSA) is 93.2 Å². The Balaban J connectivity index is 1.52. The van der Waals surface area contributed by atoms with Crippen LogP contribution in [0.4, 0.5) is 4.79 Å². The molecule has 2 N–H and O–H groups in total. The Morgan fingerprint density at radius 3 is 2.46 bits per heavy atom. The van der Waals surface area contributed by atoms with Crippen LogP contribution in [0.2, 0.25) is 0 Å². The number of nitrogens with one attached hydrogen (secondary N) is 1. The highest BCUT2D eigenvalue weighted by atomic mass is 16.3. The van der Waals surface area contributed by atoms with Crippen LogP contribution < -0.4 is 5.32 Å². The minimum Gasteiger partial charge on any atom is -0.508 e. The van der Waals surface area contributed by atoms with Gasteiger partial charge in [-0.15, -0.1) is 0 Å². The Labute approximate surface area is 152 Å². The van der Waals surface area contributed by atoms with Gasteiger partial charge >= 0.3 is 6.03 Å². The number of hydrogen-bond donors (Lipinski definition) is 2. The second-order valence-corrected chi connectivity index (χ2v) is 7.23. The smallest absolute Gasteiger partial charge is 0.325 e. The van der Waals surface area contributed by atoms with E-state index in [1.165, 1.54) is 4.90 Å². The van der Waals surface area contributed by atoms with Crippen molar-refractivity contribution >= 4 is 17.8 Å². The maximum absolute atomic E-state index is 12.5. The summed E-state index contributed by atoms with van der Waals surface area (Å²) < 4.78 is 0. The molecule has 0 aromatic heterocycles. The molecule has 0 atom stereocenters. The van der Waals surface area contributed by atoms with Gasteiger partial charge in [-0.3, -0.25) is 19.8 Å². The average molecular weight is 360 g/mol. The molecule has 1 aromatic rings. The van der Waals surface area contributed by atoms with Crippen molar-refractivity contribution in [3.63, 3.8) is 0 Å². The first-order valence-corrected chi connectivity index (χ1v) is 8.68. The Morgan fingerprint density at radius 1 is 1.19 bits per heavy atom. The van der Waals surface area contributed by atoms with Gasteiger partial charge in [0, 0.05) is 32.7 Å². The zero-order valence-electron chi connectivity index (χ0n) is 15.1. The summed E-state index contributed by atoms with van der Waals surface area (Å²) in [6, 6.07) is 6.64. The van der Waals surface area contributed by atoms with Gasteiger partial charge in [0.05, 0.1) is 0 Å². The molecule has 3 rings (SSSR count). The van der Waals surface area contributed by atoms with Crippen LogP contribution in [0.1, 0.15) is 19.4 Å². The second-order valence-electron chi connectivity index (χ2n) is 7.23. The average Bonchev–Trinajstić information content (AvgIpc) is 2.77. The highest BCUT2D eigenvalue weighted by Gasteiger charge is 2.46. The van der Waals surface area contributed by atoms with E-state index in [0.717, 1.165) is 18.7 Å². The number of amides is 4. The molecule has 8 heteroatoms. The maximum Gasteiger partial charge on any atom is 0.325 e. The lowest BCUT2D eigenvalue weighted by atomic mass is 10.0. The minimum absolute atomic E-state index is 0.100. The predicted molar refractivity (Wildman–Crippen MR) is 94.3 cm³/mol. The van der Waals surface area contributed by atoms with Crippen LogP contribution in [0.3, 0.4) is 0 Å². The number of phenolic OH excluding ortho intramolecular Hbond substituents is 1. The van der Waals surface area contributed by atoms with Gasteiger partial charge in [-0.2, -0.15) is 0 Å². The first-order valence-electron chi connectivity index (χ1n) is 8.68. The first kappa shape index (κ1) is 18.2. The van der Waals surface area contributed by atoms with Crippen LogP contribution in [-0.4, -0.2) is 75.9 Å². The van der Waals surface area contributed by atoms with Crippen molar-refractivity contribution in [2.24, 2.45) is 0 Å². The Kier molecular flexibility index (Phi) is 4.86. The second kappa shape index (κ2) is 6.95. The number of piperazine rings is 1. The molecule has 2 aliphatic rings. The van der Waals surface area contributed by atoms with Crippen LogP contribution in [-0.2, 0) is 16.1 Å². The van der Waals surface area contributed by atoms with Crippen LogP contribution in [0.25, 0.3) is 0 Å². The first-order chi connectivity index (χ1) is 12.3. The van der Waals surface area contributed by atoms with Crippen molar-refractivity contribution in [1.82, 2.24) is 20.0 Å². The van der Waals surface area contributed by atoms with Crippen LogP contribution in [0.5, 0.6) is 5.75 Å². The van der Waals surface area contributed by atoms with E-state index in [1.807, 2.05) is 12.1 Å². The van der Waals surface area contributed by atoms with Gasteiger partial charge in [0.2, 0.25) is 5.91 Å². The number of carbonyl (C=O) groups is 3. The number of rotatable bonds is 4. The normalized spacial score (nSPS) is 20.4. The summed E-state index contributed by atoms with van der Waals surface area (Å²) >= 11 is 0. The van der Waals surface area contributed by atoms with Gasteiger partial charge in [0.25, 0.3) is 5.91 Å². The fraction of sp³-hybridized carbons (Fsp3) is 0.500. The van der Waals surface area contributed by atoms with Crippen molar-refractivity contribution in [3.8, 4) is 5.75 Å². The van der Waals surface area contributed by atoms with Crippen molar-refractivity contribution in [2.75, 3.05) is 32.7 Å². The maximum atomic E-state index is 12.5. The third-order valence-corrected chi connectivity index (χ3v) is 5.03. The summed E-state index contributed by atoms with van der Waals surface area (Å²) in [6.45, 7) is 6.46. The molecule has 2 aliphatic heterocycles. The molecular weight excluding hydrogens is 336 g/mol. The molecule has 140 valence electrons. The molecule has 0 unspecified atom stereocenters. The van der Waals surface area contributed by atoms with E-state index >= 15 is 0 Å². The lowest BCUT2D eigenvalue weighted by Crippen LogP contribution is -2.53. The molecule has 4 amide bonds. The Hall–Kier alpha value is -2.61. The lowest BCUT2D eigenvalue weighted by molar-refractivity contribution is -0.135. The molecule has 2 heterocycles. The molecular formula is C18H24N4O4. The Morgan fingerprint density at radius 2 is 1.88 bits per heavy atom. The molecule has 0 saturated carbocycles. The quantitative estimate of drug-likeness (QED) is 0.757. The van der Waals surface area contributed by atoms with E-state index in [9.17, 15) is 19.5 Å². The van der Waals surface area contributed by atoms with Gasteiger partial charge in [0.1, 0.15) is 17.8 Å². The number of hydrogen-bond acceptors (Lipinski definition) is 5. The zero-order chi connectivity index (χ0) is 18.9. The molecule has 2 fully saturated rings. The van der Waals surface area contributed by atoms with Crippen LogP contribution >= 0.6 is 0 Å². The standard InChI is InChI=1S/C18H24N4O4/c1-18(2)16(25)19-17(26)22(18)12-15(24)21-8-6-20(7-9-21)11-13-4-3-5-14(23)10-13/h3-5,10,23H,6-9,11-12H2,1-2H3,(H,19,25,26). The van der Waals surface area contributed by atoms with E-state index in [-0.39, 0.29) is 24.1 Å². The third-order valence-electron chi connectivity index (χ3n) is 5.03. The van der Waals surface area contributed by atoms with E-state index < -0.39 is 11.6 Å². The van der Waals surface area contributed by atoms with Gasteiger partial charge < -0.3 is 14.9 Å². The number of benzene rings is 1. The molecule has 0 spiro atoms. The molecule has 26 heavy (non-hydrogen) atoms. The fourth-order valence-electron chi connectivity index (χ4n) is 3.27. The number of imide groups is 1. The summed E-state index contributed by atoms with van der Waals surface area (Å²) in [5, 5.41) is 11.8. The summed E-state index contributed by atoms with van der Waals surface area (Å²) in [7, 11) is 0. The summed E-state index contributed by atoms with van der Waals surface area (Å²) in [4.78, 5) is 41.5. The molecule has 0 bridgehead atoms. The molecule has 2 saturated heterocycles. The lowest BCUT2D eigenvalue weighted by Gasteiger charge is -2.36. The van der Waals surface area contributed by atoms with E-state index in [0.29, 0.717) is 19.6 Å². The number of urea groups is 1. The third kappa shape index (κ3) is 3.65. The van der Waals surface area contributed by atoms with Crippen molar-refractivity contribution < 1.29 is 19.5 Å². The van der Waals surface area contributed by atoms with Crippen molar-refractivity contribution in [3.05, 3.63) is 29.8 Å². The molecule has 0 aliphatic carbocycles. The number of carbonyl (C=O) groups excluding carboxylic acids is 3. The highest BCUT2D eigenvalue weighted by molar-refractivity contribution is 6.07. The summed E-state index contributed by atoms with van der Waals surface area (Å²) in [5.74, 6) is -0.288. The van der Waals surface area contributed by atoms with Gasteiger partial charge in [-0.25, -0.2) is 4.79 Å². The highest BCUT2D eigenvalue weighted by Crippen LogP contribution is 2.21. The van der Waals surface area contributed by atoms with Crippen molar-refractivity contribution in [2.45, 2.75) is 25.9 Å². The molecule has 0 radical (unpaired) electrons.